The van der Waals surface area contributed by atoms with Gasteiger partial charge in [0.15, 0.2) is 0 Å². The molecule has 0 unspecified atom stereocenters. The molecule has 2 nitrogen and oxygen atoms in total. The number of aromatic hydroxyl groups is 1. The van der Waals surface area contributed by atoms with Crippen molar-refractivity contribution in [3.05, 3.63) is 36.5 Å². The minimum absolute atomic E-state index is 0. The van der Waals surface area contributed by atoms with Crippen LogP contribution in [0.1, 0.15) is 0 Å². The fourth-order valence-electron chi connectivity index (χ4n) is 1.09. The molecule has 0 aliphatic carbocycles. The number of para-hydroxylation sites is 1. The molecule has 0 aliphatic heterocycles. The second-order valence-electron chi connectivity index (χ2n) is 2.35. The fourth-order valence-corrected chi connectivity index (χ4v) is 1.09. The van der Waals surface area contributed by atoms with Crippen LogP contribution in [0.3, 0.4) is 0 Å². The van der Waals surface area contributed by atoms with Crippen molar-refractivity contribution in [2.75, 3.05) is 0 Å². The molecule has 1 aromatic carbocycles. The molecule has 1 N–H and O–H groups in total. The molecular weight excluding hydrogens is 221 g/mol. The molecule has 66 valence electrons. The van der Waals surface area contributed by atoms with Crippen LogP contribution in [0.5, 0.6) is 5.75 Å². The number of phenols is 1. The molecule has 13 heavy (non-hydrogen) atoms. The first-order chi connectivity index (χ1) is 5.38. The van der Waals surface area contributed by atoms with E-state index in [1.165, 1.54) is 0 Å². The Balaban J connectivity index is 0.000000720. The topological polar surface area (TPSA) is 33.1 Å². The average Bonchev–Trinajstić information content (AvgIpc) is 2.06. The van der Waals surface area contributed by atoms with Crippen LogP contribution in [0.25, 0.3) is 10.9 Å². The minimum Gasteiger partial charge on any atom is -0.506 e. The molecule has 0 radical (unpaired) electrons. The summed E-state index contributed by atoms with van der Waals surface area (Å²) in [4.78, 5) is 4.03. The van der Waals surface area contributed by atoms with Crippen molar-refractivity contribution in [1.82, 2.24) is 4.98 Å². The monoisotopic (exact) mass is 229 g/mol. The van der Waals surface area contributed by atoms with Gasteiger partial charge in [0, 0.05) is 33.3 Å². The first kappa shape index (κ1) is 12.4. The van der Waals surface area contributed by atoms with Gasteiger partial charge in [0.05, 0.1) is 0 Å². The Hall–Kier alpha value is -0.566. The molecule has 0 amide bonds. The van der Waals surface area contributed by atoms with Gasteiger partial charge in [0.25, 0.3) is 0 Å². The SMILES string of the molecule is Cl.Oc1cccc2cccnc12.[Ti]. The molecule has 0 aliphatic rings. The van der Waals surface area contributed by atoms with E-state index in [1.54, 1.807) is 18.3 Å². The Kier molecular flexibility index (Phi) is 5.00. The largest absolute Gasteiger partial charge is 0.506 e. The molecule has 1 aromatic heterocycles. The van der Waals surface area contributed by atoms with Crippen molar-refractivity contribution >= 4 is 23.3 Å². The normalized spacial score (nSPS) is 8.62. The summed E-state index contributed by atoms with van der Waals surface area (Å²) in [6, 6.07) is 9.13. The van der Waals surface area contributed by atoms with Gasteiger partial charge < -0.3 is 5.11 Å². The van der Waals surface area contributed by atoms with Crippen LogP contribution < -0.4 is 0 Å². The van der Waals surface area contributed by atoms with Crippen LogP contribution in [-0.4, -0.2) is 10.1 Å². The summed E-state index contributed by atoms with van der Waals surface area (Å²) < 4.78 is 0. The van der Waals surface area contributed by atoms with Gasteiger partial charge in [-0.05, 0) is 12.1 Å². The molecule has 2 aromatic rings. The number of pyridine rings is 1. The van der Waals surface area contributed by atoms with Crippen LogP contribution >= 0.6 is 12.4 Å². The maximum atomic E-state index is 9.31. The number of hydrogen-bond acceptors (Lipinski definition) is 2. The van der Waals surface area contributed by atoms with E-state index in [0.717, 1.165) is 5.39 Å². The second-order valence-corrected chi connectivity index (χ2v) is 2.35. The van der Waals surface area contributed by atoms with Gasteiger partial charge in [-0.1, -0.05) is 18.2 Å². The molecule has 0 saturated heterocycles. The number of phenolic OH excluding ortho intramolecular Hbond substituents is 1. The number of aromatic nitrogens is 1. The average molecular weight is 229 g/mol. The van der Waals surface area contributed by atoms with Crippen molar-refractivity contribution in [1.29, 1.82) is 0 Å². The quantitative estimate of drug-likeness (QED) is 0.704. The Morgan fingerprint density at radius 1 is 1.08 bits per heavy atom. The molecule has 0 saturated carbocycles. The van der Waals surface area contributed by atoms with Gasteiger partial charge in [-0.25, -0.2) is 0 Å². The van der Waals surface area contributed by atoms with E-state index in [2.05, 4.69) is 4.98 Å². The number of fused-ring (bicyclic) bond motifs is 1. The first-order valence-corrected chi connectivity index (χ1v) is 3.40. The van der Waals surface area contributed by atoms with E-state index in [9.17, 15) is 5.11 Å². The molecule has 4 heteroatoms. The van der Waals surface area contributed by atoms with Crippen LogP contribution in [0, 0.1) is 0 Å². The van der Waals surface area contributed by atoms with Crippen molar-refractivity contribution in [3.8, 4) is 5.75 Å². The molecule has 0 spiro atoms. The standard InChI is InChI=1S/C9H7NO.ClH.Ti/c11-8-5-1-3-7-4-2-6-10-9(7)8;;/h1-6,11H;1H;. The summed E-state index contributed by atoms with van der Waals surface area (Å²) in [5.41, 5.74) is 0.662. The zero-order valence-corrected chi connectivity index (χ0v) is 9.14. The summed E-state index contributed by atoms with van der Waals surface area (Å²) in [5.74, 6) is 0.239. The van der Waals surface area contributed by atoms with Crippen LogP contribution in [0.4, 0.5) is 0 Å². The molecule has 1 heterocycles. The summed E-state index contributed by atoms with van der Waals surface area (Å²) >= 11 is 0. The summed E-state index contributed by atoms with van der Waals surface area (Å²) in [6.45, 7) is 0. The first-order valence-electron chi connectivity index (χ1n) is 3.40. The fraction of sp³-hybridized carbons (Fsp3) is 0. The number of benzene rings is 1. The van der Waals surface area contributed by atoms with Crippen molar-refractivity contribution in [2.45, 2.75) is 0 Å². The summed E-state index contributed by atoms with van der Waals surface area (Å²) in [6.07, 6.45) is 1.67. The third-order valence-electron chi connectivity index (χ3n) is 1.61. The van der Waals surface area contributed by atoms with Crippen LogP contribution in [0.15, 0.2) is 36.5 Å². The smallest absolute Gasteiger partial charge is 0.141 e. The van der Waals surface area contributed by atoms with Crippen molar-refractivity contribution < 1.29 is 26.8 Å². The minimum atomic E-state index is 0. The van der Waals surface area contributed by atoms with E-state index in [0.29, 0.717) is 5.52 Å². The van der Waals surface area contributed by atoms with Gasteiger partial charge >= 0.3 is 0 Å². The zero-order valence-electron chi connectivity index (χ0n) is 6.77. The predicted molar refractivity (Wildman–Crippen MR) is 50.7 cm³/mol. The number of hydrogen-bond donors (Lipinski definition) is 1. The number of halogens is 1. The van der Waals surface area contributed by atoms with E-state index in [-0.39, 0.29) is 39.9 Å². The van der Waals surface area contributed by atoms with Crippen molar-refractivity contribution in [3.63, 3.8) is 0 Å². The predicted octanol–water partition coefficient (Wildman–Crippen LogP) is 2.36. The third kappa shape index (κ3) is 2.44. The Bertz CT molecular complexity index is 389. The Morgan fingerprint density at radius 2 is 1.77 bits per heavy atom. The van der Waals surface area contributed by atoms with E-state index in [1.807, 2.05) is 18.2 Å². The molecule has 0 bridgehead atoms. The van der Waals surface area contributed by atoms with Gasteiger partial charge in [0.1, 0.15) is 11.3 Å². The Labute approximate surface area is 97.3 Å². The van der Waals surface area contributed by atoms with Gasteiger partial charge in [-0.3, -0.25) is 4.98 Å². The van der Waals surface area contributed by atoms with Gasteiger partial charge in [-0.2, -0.15) is 0 Å². The summed E-state index contributed by atoms with van der Waals surface area (Å²) in [5, 5.41) is 10.3. The van der Waals surface area contributed by atoms with E-state index in [4.69, 9.17) is 0 Å². The van der Waals surface area contributed by atoms with Crippen LogP contribution in [0.2, 0.25) is 0 Å². The second kappa shape index (κ2) is 5.23. The third-order valence-corrected chi connectivity index (χ3v) is 1.61. The molecule has 0 fully saturated rings. The van der Waals surface area contributed by atoms with Gasteiger partial charge in [-0.15, -0.1) is 12.4 Å². The maximum absolute atomic E-state index is 9.31. The van der Waals surface area contributed by atoms with Crippen LogP contribution in [-0.2, 0) is 21.7 Å². The number of nitrogens with zero attached hydrogens (tertiary/aromatic N) is 1. The Morgan fingerprint density at radius 3 is 2.46 bits per heavy atom. The maximum Gasteiger partial charge on any atom is 0.141 e. The molecular formula is C9H8ClNOTi. The van der Waals surface area contributed by atoms with Gasteiger partial charge in [0.2, 0.25) is 0 Å². The van der Waals surface area contributed by atoms with E-state index < -0.39 is 0 Å². The number of rotatable bonds is 0. The summed E-state index contributed by atoms with van der Waals surface area (Å²) in [7, 11) is 0. The van der Waals surface area contributed by atoms with E-state index >= 15 is 0 Å². The van der Waals surface area contributed by atoms with Crippen molar-refractivity contribution in [2.24, 2.45) is 0 Å². The molecule has 2 rings (SSSR count). The molecule has 0 atom stereocenters. The zero-order chi connectivity index (χ0) is 7.68.